The maximum atomic E-state index is 6.49. The van der Waals surface area contributed by atoms with Crippen molar-refractivity contribution in [2.45, 2.75) is 32.7 Å². The maximum Gasteiger partial charge on any atom is 0.205 e. The summed E-state index contributed by atoms with van der Waals surface area (Å²) in [5, 5.41) is 15.3. The Morgan fingerprint density at radius 1 is 0.895 bits per heavy atom. The SMILES string of the molecule is CCCCc1nc2cnc(-c3ccccc3Cl)cc2n1Cc1ccc(-c2ccccc2-c2nn[nH]n2)cc1. The molecule has 0 amide bonds. The van der Waals surface area contributed by atoms with Gasteiger partial charge in [0, 0.05) is 29.1 Å². The molecule has 3 aromatic heterocycles. The summed E-state index contributed by atoms with van der Waals surface area (Å²) in [4.78, 5) is 9.63. The van der Waals surface area contributed by atoms with Crippen molar-refractivity contribution in [3.63, 3.8) is 0 Å². The molecule has 0 bridgehead atoms. The van der Waals surface area contributed by atoms with Crippen molar-refractivity contribution < 1.29 is 0 Å². The normalized spacial score (nSPS) is 11.3. The van der Waals surface area contributed by atoms with Gasteiger partial charge < -0.3 is 4.57 Å². The van der Waals surface area contributed by atoms with Gasteiger partial charge in [-0.2, -0.15) is 5.21 Å². The zero-order valence-electron chi connectivity index (χ0n) is 21.0. The minimum absolute atomic E-state index is 0.582. The van der Waals surface area contributed by atoms with Crippen molar-refractivity contribution in [1.29, 1.82) is 0 Å². The molecule has 6 aromatic rings. The van der Waals surface area contributed by atoms with Gasteiger partial charge >= 0.3 is 0 Å². The van der Waals surface area contributed by atoms with Crippen LogP contribution in [0.1, 0.15) is 31.2 Å². The number of imidazole rings is 1. The Labute approximate surface area is 225 Å². The highest BCUT2D eigenvalue weighted by Crippen LogP contribution is 2.31. The van der Waals surface area contributed by atoms with Crippen LogP contribution in [0.3, 0.4) is 0 Å². The molecule has 188 valence electrons. The Kier molecular flexibility index (Phi) is 6.67. The van der Waals surface area contributed by atoms with E-state index in [0.29, 0.717) is 17.4 Å². The van der Waals surface area contributed by atoms with E-state index in [2.05, 4.69) is 73.5 Å². The fraction of sp³-hybridized carbons (Fsp3) is 0.167. The highest BCUT2D eigenvalue weighted by Gasteiger charge is 2.15. The number of fused-ring (bicyclic) bond motifs is 1. The van der Waals surface area contributed by atoms with Crippen LogP contribution in [0.2, 0.25) is 5.02 Å². The van der Waals surface area contributed by atoms with Gasteiger partial charge in [0.25, 0.3) is 0 Å². The number of hydrogen-bond donors (Lipinski definition) is 1. The van der Waals surface area contributed by atoms with Crippen molar-refractivity contribution in [1.82, 2.24) is 35.2 Å². The Morgan fingerprint density at radius 2 is 1.66 bits per heavy atom. The molecular formula is C30H26ClN7. The van der Waals surface area contributed by atoms with Gasteiger partial charge in [-0.3, -0.25) is 4.98 Å². The van der Waals surface area contributed by atoms with Crippen molar-refractivity contribution in [3.8, 4) is 33.8 Å². The number of pyridine rings is 1. The molecule has 7 nitrogen and oxygen atoms in total. The number of aryl methyl sites for hydroxylation is 1. The first kappa shape index (κ1) is 24.0. The van der Waals surface area contributed by atoms with E-state index in [4.69, 9.17) is 16.6 Å². The summed E-state index contributed by atoms with van der Waals surface area (Å²) in [6.07, 6.45) is 4.97. The van der Waals surface area contributed by atoms with Crippen molar-refractivity contribution in [2.24, 2.45) is 0 Å². The number of tetrazole rings is 1. The summed E-state index contributed by atoms with van der Waals surface area (Å²) in [5.41, 5.74) is 8.03. The molecule has 3 heterocycles. The minimum atomic E-state index is 0.582. The lowest BCUT2D eigenvalue weighted by Crippen LogP contribution is -2.05. The molecule has 0 aliphatic carbocycles. The number of benzene rings is 3. The molecule has 3 aromatic carbocycles. The average Bonchev–Trinajstić information content (AvgIpc) is 3.61. The number of H-pyrrole nitrogens is 1. The lowest BCUT2D eigenvalue weighted by Gasteiger charge is -2.12. The van der Waals surface area contributed by atoms with Gasteiger partial charge in [-0.15, -0.1) is 10.2 Å². The molecule has 0 unspecified atom stereocenters. The lowest BCUT2D eigenvalue weighted by atomic mass is 9.98. The predicted molar refractivity (Wildman–Crippen MR) is 151 cm³/mol. The van der Waals surface area contributed by atoms with Gasteiger partial charge in [-0.25, -0.2) is 4.98 Å². The second-order valence-electron chi connectivity index (χ2n) is 9.23. The Morgan fingerprint density at radius 3 is 2.39 bits per heavy atom. The number of halogens is 1. The fourth-order valence-electron chi connectivity index (χ4n) is 4.77. The number of nitrogens with zero attached hydrogens (tertiary/aromatic N) is 6. The smallest absolute Gasteiger partial charge is 0.205 e. The summed E-state index contributed by atoms with van der Waals surface area (Å²) in [6, 6.07) is 26.7. The molecule has 1 N–H and O–H groups in total. The van der Waals surface area contributed by atoms with Crippen LogP contribution >= 0.6 is 11.6 Å². The monoisotopic (exact) mass is 519 g/mol. The number of aromatic nitrogens is 7. The van der Waals surface area contributed by atoms with E-state index in [1.165, 1.54) is 5.56 Å². The molecule has 0 atom stereocenters. The molecule has 6 rings (SSSR count). The van der Waals surface area contributed by atoms with Crippen molar-refractivity contribution in [2.75, 3.05) is 0 Å². The molecule has 0 aliphatic rings. The van der Waals surface area contributed by atoms with Gasteiger partial charge in [0.15, 0.2) is 0 Å². The third-order valence-corrected chi connectivity index (χ3v) is 7.07. The van der Waals surface area contributed by atoms with Gasteiger partial charge in [-0.05, 0) is 40.5 Å². The van der Waals surface area contributed by atoms with Gasteiger partial charge in [0.05, 0.1) is 17.4 Å². The second kappa shape index (κ2) is 10.6. The van der Waals surface area contributed by atoms with E-state index >= 15 is 0 Å². The standard InChI is InChI=1S/C30H26ClN7/c1-2-3-12-29-33-27-18-32-26(24-10-6-7-11-25(24)31)17-28(27)38(29)19-20-13-15-21(16-14-20)22-8-4-5-9-23(22)30-34-36-37-35-30/h4-11,13-18H,2-3,12,19H2,1H3,(H,34,35,36,37). The minimum Gasteiger partial charge on any atom is -0.323 e. The highest BCUT2D eigenvalue weighted by molar-refractivity contribution is 6.33. The maximum absolute atomic E-state index is 6.49. The highest BCUT2D eigenvalue weighted by atomic mass is 35.5. The molecule has 0 aliphatic heterocycles. The van der Waals surface area contributed by atoms with Crippen LogP contribution in [0.15, 0.2) is 85.1 Å². The van der Waals surface area contributed by atoms with Gasteiger partial charge in [0.2, 0.25) is 5.82 Å². The van der Waals surface area contributed by atoms with Crippen LogP contribution in [-0.4, -0.2) is 35.2 Å². The summed E-state index contributed by atoms with van der Waals surface area (Å²) in [5.74, 6) is 1.66. The summed E-state index contributed by atoms with van der Waals surface area (Å²) in [7, 11) is 0. The third-order valence-electron chi connectivity index (χ3n) is 6.74. The number of hydrogen-bond acceptors (Lipinski definition) is 5. The summed E-state index contributed by atoms with van der Waals surface area (Å²) in [6.45, 7) is 2.92. The van der Waals surface area contributed by atoms with E-state index in [1.54, 1.807) is 0 Å². The number of rotatable bonds is 8. The average molecular weight is 520 g/mol. The molecule has 38 heavy (non-hydrogen) atoms. The summed E-state index contributed by atoms with van der Waals surface area (Å²) >= 11 is 6.49. The Hall–Kier alpha value is -4.36. The quantitative estimate of drug-likeness (QED) is 0.234. The first-order valence-electron chi connectivity index (χ1n) is 12.7. The van der Waals surface area contributed by atoms with Crippen LogP contribution in [0, 0.1) is 0 Å². The van der Waals surface area contributed by atoms with Gasteiger partial charge in [-0.1, -0.05) is 91.7 Å². The first-order chi connectivity index (χ1) is 18.7. The van der Waals surface area contributed by atoms with E-state index in [0.717, 1.165) is 64.1 Å². The molecule has 8 heteroatoms. The van der Waals surface area contributed by atoms with Crippen LogP contribution in [0.4, 0.5) is 0 Å². The van der Waals surface area contributed by atoms with Crippen LogP contribution in [-0.2, 0) is 13.0 Å². The Balaban J connectivity index is 1.36. The van der Waals surface area contributed by atoms with E-state index in [9.17, 15) is 0 Å². The number of nitrogens with one attached hydrogen (secondary N) is 1. The largest absolute Gasteiger partial charge is 0.323 e. The molecule has 0 spiro atoms. The van der Waals surface area contributed by atoms with Crippen LogP contribution in [0.5, 0.6) is 0 Å². The number of aromatic amines is 1. The molecular weight excluding hydrogens is 494 g/mol. The van der Waals surface area contributed by atoms with E-state index < -0.39 is 0 Å². The molecule has 0 saturated heterocycles. The molecule has 0 saturated carbocycles. The predicted octanol–water partition coefficient (Wildman–Crippen LogP) is 6.99. The van der Waals surface area contributed by atoms with Gasteiger partial charge in [0.1, 0.15) is 11.3 Å². The molecule has 0 fully saturated rings. The fourth-order valence-corrected chi connectivity index (χ4v) is 5.01. The third kappa shape index (κ3) is 4.68. The van der Waals surface area contributed by atoms with Crippen molar-refractivity contribution >= 4 is 22.6 Å². The Bertz CT molecular complexity index is 1690. The van der Waals surface area contributed by atoms with Crippen LogP contribution < -0.4 is 0 Å². The van der Waals surface area contributed by atoms with Crippen molar-refractivity contribution in [3.05, 3.63) is 101 Å². The number of unbranched alkanes of at least 4 members (excludes halogenated alkanes) is 1. The topological polar surface area (TPSA) is 85.2 Å². The zero-order chi connectivity index (χ0) is 25.9. The zero-order valence-corrected chi connectivity index (χ0v) is 21.7. The van der Waals surface area contributed by atoms with Crippen LogP contribution in [0.25, 0.3) is 44.8 Å². The lowest BCUT2D eigenvalue weighted by molar-refractivity contribution is 0.690. The molecule has 0 radical (unpaired) electrons. The first-order valence-corrected chi connectivity index (χ1v) is 13.1. The summed E-state index contributed by atoms with van der Waals surface area (Å²) < 4.78 is 2.31. The van der Waals surface area contributed by atoms with E-state index in [1.807, 2.05) is 48.7 Å². The van der Waals surface area contributed by atoms with E-state index in [-0.39, 0.29) is 0 Å². The second-order valence-corrected chi connectivity index (χ2v) is 9.64.